The molecule has 0 atom stereocenters. The molecule has 2 heterocycles. The van der Waals surface area contributed by atoms with Crippen LogP contribution < -0.4 is 5.32 Å². The molecule has 1 aliphatic heterocycles. The van der Waals surface area contributed by atoms with Crippen LogP contribution >= 0.6 is 11.6 Å². The van der Waals surface area contributed by atoms with E-state index in [1.807, 2.05) is 6.07 Å². The minimum atomic E-state index is 0.429. The summed E-state index contributed by atoms with van der Waals surface area (Å²) in [6.45, 7) is 6.56. The Bertz CT molecular complexity index is 319. The van der Waals surface area contributed by atoms with Crippen LogP contribution in [0.15, 0.2) is 12.1 Å². The van der Waals surface area contributed by atoms with Gasteiger partial charge in [-0.2, -0.15) is 0 Å². The van der Waals surface area contributed by atoms with E-state index < -0.39 is 0 Å². The van der Waals surface area contributed by atoms with Gasteiger partial charge in [0.15, 0.2) is 5.15 Å². The fourth-order valence-electron chi connectivity index (χ4n) is 1.63. The second-order valence-corrected chi connectivity index (χ2v) is 4.52. The molecule has 82 valence electrons. The van der Waals surface area contributed by atoms with Gasteiger partial charge in [0.2, 0.25) is 0 Å². The molecular weight excluding hydrogens is 212 g/mol. The van der Waals surface area contributed by atoms with Crippen LogP contribution in [0.25, 0.3) is 0 Å². The van der Waals surface area contributed by atoms with Crippen LogP contribution in [0.4, 0.5) is 5.82 Å². The van der Waals surface area contributed by atoms with Crippen molar-refractivity contribution in [1.82, 2.24) is 15.1 Å². The van der Waals surface area contributed by atoms with Crippen molar-refractivity contribution in [3.05, 3.63) is 17.3 Å². The maximum absolute atomic E-state index is 5.65. The van der Waals surface area contributed by atoms with Gasteiger partial charge in [0.05, 0.1) is 6.04 Å². The number of hydrogen-bond donors (Lipinski definition) is 1. The lowest BCUT2D eigenvalue weighted by Crippen LogP contribution is -2.57. The minimum absolute atomic E-state index is 0.429. The van der Waals surface area contributed by atoms with Gasteiger partial charge in [0.1, 0.15) is 5.82 Å². The van der Waals surface area contributed by atoms with E-state index >= 15 is 0 Å². The summed E-state index contributed by atoms with van der Waals surface area (Å²) < 4.78 is 0. The quantitative estimate of drug-likeness (QED) is 0.851. The number of anilines is 1. The van der Waals surface area contributed by atoms with Crippen molar-refractivity contribution >= 4 is 17.4 Å². The summed E-state index contributed by atoms with van der Waals surface area (Å²) in [5.41, 5.74) is 0. The average molecular weight is 227 g/mol. The van der Waals surface area contributed by atoms with Gasteiger partial charge in [-0.05, 0) is 26.0 Å². The molecular formula is C10H15ClN4. The highest BCUT2D eigenvalue weighted by atomic mass is 35.5. The zero-order valence-electron chi connectivity index (χ0n) is 8.94. The van der Waals surface area contributed by atoms with Gasteiger partial charge in [0, 0.05) is 19.1 Å². The Morgan fingerprint density at radius 3 is 2.67 bits per heavy atom. The van der Waals surface area contributed by atoms with Gasteiger partial charge >= 0.3 is 0 Å². The highest BCUT2D eigenvalue weighted by Crippen LogP contribution is 2.16. The molecule has 0 unspecified atom stereocenters. The molecule has 1 N–H and O–H groups in total. The third-order valence-corrected chi connectivity index (χ3v) is 2.83. The predicted molar refractivity (Wildman–Crippen MR) is 61.2 cm³/mol. The lowest BCUT2D eigenvalue weighted by Gasteiger charge is -2.42. The van der Waals surface area contributed by atoms with Crippen molar-refractivity contribution in [3.8, 4) is 0 Å². The maximum Gasteiger partial charge on any atom is 0.151 e. The smallest absolute Gasteiger partial charge is 0.151 e. The van der Waals surface area contributed by atoms with E-state index in [1.165, 1.54) is 0 Å². The highest BCUT2D eigenvalue weighted by molar-refractivity contribution is 6.29. The first-order valence-corrected chi connectivity index (χ1v) is 5.53. The molecule has 0 bridgehead atoms. The lowest BCUT2D eigenvalue weighted by molar-refractivity contribution is 0.122. The molecule has 0 aliphatic carbocycles. The van der Waals surface area contributed by atoms with Gasteiger partial charge in [0.25, 0.3) is 0 Å². The van der Waals surface area contributed by atoms with Crippen molar-refractivity contribution < 1.29 is 0 Å². The second kappa shape index (κ2) is 4.33. The predicted octanol–water partition coefficient (Wildman–Crippen LogP) is 1.63. The van der Waals surface area contributed by atoms with Gasteiger partial charge in [-0.25, -0.2) is 0 Å². The first kappa shape index (κ1) is 10.6. The Kier molecular flexibility index (Phi) is 3.07. The number of rotatable bonds is 3. The molecule has 1 aromatic heterocycles. The number of hydrogen-bond acceptors (Lipinski definition) is 4. The SMILES string of the molecule is CC(C)N1CC(Nc2ccc(Cl)nn2)C1. The van der Waals surface area contributed by atoms with E-state index in [0.29, 0.717) is 17.2 Å². The third kappa shape index (κ3) is 2.58. The van der Waals surface area contributed by atoms with Crippen LogP contribution in [0.3, 0.4) is 0 Å². The normalized spacial score (nSPS) is 17.9. The fraction of sp³-hybridized carbons (Fsp3) is 0.600. The van der Waals surface area contributed by atoms with Gasteiger partial charge in [-0.3, -0.25) is 4.90 Å². The molecule has 2 rings (SSSR count). The molecule has 5 heteroatoms. The number of nitrogens with one attached hydrogen (secondary N) is 1. The van der Waals surface area contributed by atoms with E-state index in [1.54, 1.807) is 6.07 Å². The van der Waals surface area contributed by atoms with Crippen molar-refractivity contribution in [1.29, 1.82) is 0 Å². The largest absolute Gasteiger partial charge is 0.363 e. The van der Waals surface area contributed by atoms with Crippen LogP contribution in [0.2, 0.25) is 5.15 Å². The van der Waals surface area contributed by atoms with Crippen LogP contribution in [0.1, 0.15) is 13.8 Å². The van der Waals surface area contributed by atoms with E-state index in [9.17, 15) is 0 Å². The summed E-state index contributed by atoms with van der Waals surface area (Å²) in [7, 11) is 0. The highest BCUT2D eigenvalue weighted by Gasteiger charge is 2.28. The zero-order chi connectivity index (χ0) is 10.8. The van der Waals surface area contributed by atoms with Gasteiger partial charge in [-0.15, -0.1) is 10.2 Å². The van der Waals surface area contributed by atoms with Crippen LogP contribution in [-0.4, -0.2) is 40.3 Å². The van der Waals surface area contributed by atoms with Crippen molar-refractivity contribution in [3.63, 3.8) is 0 Å². The minimum Gasteiger partial charge on any atom is -0.363 e. The Morgan fingerprint density at radius 1 is 1.40 bits per heavy atom. The number of nitrogens with zero attached hydrogens (tertiary/aromatic N) is 3. The molecule has 0 spiro atoms. The Balaban J connectivity index is 1.82. The van der Waals surface area contributed by atoms with Crippen molar-refractivity contribution in [2.75, 3.05) is 18.4 Å². The molecule has 4 nitrogen and oxygen atoms in total. The van der Waals surface area contributed by atoms with E-state index in [2.05, 4.69) is 34.3 Å². The Labute approximate surface area is 94.6 Å². The molecule has 1 fully saturated rings. The first-order valence-electron chi connectivity index (χ1n) is 5.15. The molecule has 1 aromatic rings. The van der Waals surface area contributed by atoms with Crippen LogP contribution in [0.5, 0.6) is 0 Å². The van der Waals surface area contributed by atoms with Gasteiger partial charge < -0.3 is 5.32 Å². The standard InChI is InChI=1S/C10H15ClN4/c1-7(2)15-5-8(6-15)12-10-4-3-9(11)13-14-10/h3-4,7-8H,5-6H2,1-2H3,(H,12,14). The summed E-state index contributed by atoms with van der Waals surface area (Å²) in [6, 6.07) is 4.71. The number of likely N-dealkylation sites (tertiary alicyclic amines) is 1. The van der Waals surface area contributed by atoms with E-state index in [4.69, 9.17) is 11.6 Å². The monoisotopic (exact) mass is 226 g/mol. The van der Waals surface area contributed by atoms with Crippen molar-refractivity contribution in [2.45, 2.75) is 25.9 Å². The Hall–Kier alpha value is -0.870. The molecule has 0 aromatic carbocycles. The van der Waals surface area contributed by atoms with E-state index in [-0.39, 0.29) is 0 Å². The number of halogens is 1. The first-order chi connectivity index (χ1) is 7.15. The summed E-state index contributed by atoms with van der Waals surface area (Å²) in [6.07, 6.45) is 0. The average Bonchev–Trinajstić information content (AvgIpc) is 2.13. The zero-order valence-corrected chi connectivity index (χ0v) is 9.70. The number of aromatic nitrogens is 2. The molecule has 0 amide bonds. The van der Waals surface area contributed by atoms with Gasteiger partial charge in [-0.1, -0.05) is 11.6 Å². The summed E-state index contributed by atoms with van der Waals surface area (Å²) in [5.74, 6) is 0.799. The fourth-order valence-corrected chi connectivity index (χ4v) is 1.73. The molecule has 1 aliphatic rings. The summed E-state index contributed by atoms with van der Waals surface area (Å²) in [4.78, 5) is 2.40. The topological polar surface area (TPSA) is 41.0 Å². The maximum atomic E-state index is 5.65. The third-order valence-electron chi connectivity index (χ3n) is 2.62. The summed E-state index contributed by atoms with van der Waals surface area (Å²) in [5, 5.41) is 11.5. The second-order valence-electron chi connectivity index (χ2n) is 4.13. The molecule has 1 saturated heterocycles. The lowest BCUT2D eigenvalue weighted by atomic mass is 10.1. The summed E-state index contributed by atoms with van der Waals surface area (Å²) >= 11 is 5.65. The molecule has 0 radical (unpaired) electrons. The molecule has 15 heavy (non-hydrogen) atoms. The van der Waals surface area contributed by atoms with Crippen molar-refractivity contribution in [2.24, 2.45) is 0 Å². The van der Waals surface area contributed by atoms with Crippen LogP contribution in [0, 0.1) is 0 Å². The van der Waals surface area contributed by atoms with E-state index in [0.717, 1.165) is 18.9 Å². The molecule has 0 saturated carbocycles. The van der Waals surface area contributed by atoms with Crippen LogP contribution in [-0.2, 0) is 0 Å². The Morgan fingerprint density at radius 2 is 2.13 bits per heavy atom.